The molecular weight excluding hydrogens is 547 g/mol. The summed E-state index contributed by atoms with van der Waals surface area (Å²) in [4.78, 5) is 4.15. The molecule has 0 atom stereocenters. The molecule has 2 aromatic rings. The van der Waals surface area contributed by atoms with Crippen molar-refractivity contribution in [3.8, 4) is 5.75 Å². The van der Waals surface area contributed by atoms with E-state index >= 15 is 0 Å². The lowest BCUT2D eigenvalue weighted by Crippen LogP contribution is -2.42. The van der Waals surface area contributed by atoms with E-state index in [0.29, 0.717) is 34.8 Å². The number of sulfonamides is 1. The number of nitrogens with one attached hydrogen (secondary N) is 2. The molecule has 29 heavy (non-hydrogen) atoms. The summed E-state index contributed by atoms with van der Waals surface area (Å²) in [5, 5.41) is 8.72. The summed E-state index contributed by atoms with van der Waals surface area (Å²) in [6.07, 6.45) is 0.718. The molecule has 0 aliphatic rings. The molecule has 0 saturated heterocycles. The first kappa shape index (κ1) is 26.0. The zero-order chi connectivity index (χ0) is 20.6. The fraction of sp³-hybridized carbons (Fsp3) is 0.389. The van der Waals surface area contributed by atoms with Crippen LogP contribution in [0, 0.1) is 0 Å². The van der Waals surface area contributed by atoms with E-state index in [0.717, 1.165) is 17.7 Å². The molecule has 0 spiro atoms. The maximum atomic E-state index is 12.4. The smallest absolute Gasteiger partial charge is 0.252 e. The van der Waals surface area contributed by atoms with Crippen molar-refractivity contribution in [1.29, 1.82) is 0 Å². The predicted octanol–water partition coefficient (Wildman–Crippen LogP) is 3.06. The van der Waals surface area contributed by atoms with Gasteiger partial charge in [0.2, 0.25) is 0 Å². The predicted molar refractivity (Wildman–Crippen MR) is 131 cm³/mol. The number of likely N-dealkylation sites (N-methyl/N-ethyl adjacent to an activating group) is 1. The first-order chi connectivity index (χ1) is 13.4. The Morgan fingerprint density at radius 3 is 2.59 bits per heavy atom. The monoisotopic (exact) mass is 572 g/mol. The molecule has 0 saturated carbocycles. The van der Waals surface area contributed by atoms with Crippen molar-refractivity contribution in [2.45, 2.75) is 10.6 Å². The van der Waals surface area contributed by atoms with Gasteiger partial charge in [0.15, 0.2) is 5.96 Å². The maximum absolute atomic E-state index is 12.4. The highest BCUT2D eigenvalue weighted by molar-refractivity contribution is 14.0. The fourth-order valence-corrected chi connectivity index (χ4v) is 5.05. The molecule has 0 fully saturated rings. The summed E-state index contributed by atoms with van der Waals surface area (Å²) in [6.45, 7) is 1.39. The molecule has 162 valence electrons. The highest BCUT2D eigenvalue weighted by Gasteiger charge is 2.21. The first-order valence-corrected chi connectivity index (χ1v) is 11.3. The summed E-state index contributed by atoms with van der Waals surface area (Å²) >= 11 is 7.46. The van der Waals surface area contributed by atoms with Gasteiger partial charge in [-0.1, -0.05) is 23.7 Å². The van der Waals surface area contributed by atoms with Crippen LogP contribution in [0.4, 0.5) is 0 Å². The van der Waals surface area contributed by atoms with Gasteiger partial charge in [0.05, 0.1) is 7.11 Å². The van der Waals surface area contributed by atoms with Gasteiger partial charge in [0.1, 0.15) is 9.96 Å². The van der Waals surface area contributed by atoms with Crippen LogP contribution in [0.15, 0.2) is 44.9 Å². The average Bonchev–Trinajstić information content (AvgIpc) is 3.23. The van der Waals surface area contributed by atoms with Gasteiger partial charge < -0.3 is 15.4 Å². The van der Waals surface area contributed by atoms with E-state index in [1.807, 2.05) is 12.1 Å². The van der Waals surface area contributed by atoms with Crippen LogP contribution in [0.25, 0.3) is 0 Å². The van der Waals surface area contributed by atoms with Crippen LogP contribution in [0.3, 0.4) is 0 Å². The lowest BCUT2D eigenvalue weighted by atomic mass is 10.1. The lowest BCUT2D eigenvalue weighted by molar-refractivity contribution is 0.414. The van der Waals surface area contributed by atoms with Crippen LogP contribution < -0.4 is 15.4 Å². The SMILES string of the molecule is CN=C(NCCc1ccc(OC)cc1Cl)NCCN(C)S(=O)(=O)c1cccs1.I. The number of halogens is 2. The van der Waals surface area contributed by atoms with E-state index in [2.05, 4.69) is 15.6 Å². The van der Waals surface area contributed by atoms with Crippen LogP contribution >= 0.6 is 46.9 Å². The molecule has 2 rings (SSSR count). The van der Waals surface area contributed by atoms with E-state index in [1.165, 1.54) is 15.6 Å². The van der Waals surface area contributed by atoms with Gasteiger partial charge in [-0.15, -0.1) is 35.3 Å². The number of ether oxygens (including phenoxy) is 1. The Balaban J connectivity index is 0.00000420. The number of rotatable bonds is 9. The summed E-state index contributed by atoms with van der Waals surface area (Å²) in [6, 6.07) is 8.93. The minimum Gasteiger partial charge on any atom is -0.497 e. The van der Waals surface area contributed by atoms with Gasteiger partial charge >= 0.3 is 0 Å². The Labute approximate surface area is 198 Å². The van der Waals surface area contributed by atoms with E-state index < -0.39 is 10.0 Å². The largest absolute Gasteiger partial charge is 0.497 e. The second-order valence-electron chi connectivity index (χ2n) is 5.89. The van der Waals surface area contributed by atoms with Crippen molar-refractivity contribution in [1.82, 2.24) is 14.9 Å². The van der Waals surface area contributed by atoms with Crippen LogP contribution in [-0.2, 0) is 16.4 Å². The molecule has 1 aromatic heterocycles. The van der Waals surface area contributed by atoms with Crippen LogP contribution in [0.5, 0.6) is 5.75 Å². The second-order valence-corrected chi connectivity index (χ2v) is 9.52. The number of aliphatic imine (C=N–C) groups is 1. The highest BCUT2D eigenvalue weighted by Crippen LogP contribution is 2.22. The van der Waals surface area contributed by atoms with Gasteiger partial charge in [0, 0.05) is 38.8 Å². The van der Waals surface area contributed by atoms with Gasteiger partial charge in [-0.05, 0) is 35.6 Å². The van der Waals surface area contributed by atoms with Gasteiger partial charge in [-0.3, -0.25) is 4.99 Å². The Kier molecular flexibility index (Phi) is 11.3. The molecule has 0 aliphatic heterocycles. The number of hydrogen-bond acceptors (Lipinski definition) is 5. The van der Waals surface area contributed by atoms with E-state index in [1.54, 1.807) is 44.8 Å². The van der Waals surface area contributed by atoms with Crippen molar-refractivity contribution in [2.75, 3.05) is 40.8 Å². The molecule has 7 nitrogen and oxygen atoms in total. The summed E-state index contributed by atoms with van der Waals surface area (Å²) in [5.41, 5.74) is 1.01. The maximum Gasteiger partial charge on any atom is 0.252 e. The van der Waals surface area contributed by atoms with Gasteiger partial charge in [-0.25, -0.2) is 8.42 Å². The van der Waals surface area contributed by atoms with Gasteiger partial charge in [0.25, 0.3) is 10.0 Å². The minimum atomic E-state index is -3.44. The summed E-state index contributed by atoms with van der Waals surface area (Å²) in [7, 11) is 1.40. The van der Waals surface area contributed by atoms with E-state index in [9.17, 15) is 8.42 Å². The second kappa shape index (κ2) is 12.6. The van der Waals surface area contributed by atoms with Crippen molar-refractivity contribution < 1.29 is 13.2 Å². The minimum absolute atomic E-state index is 0. The zero-order valence-corrected chi connectivity index (χ0v) is 21.2. The third kappa shape index (κ3) is 7.59. The summed E-state index contributed by atoms with van der Waals surface area (Å²) < 4.78 is 31.6. The van der Waals surface area contributed by atoms with E-state index in [4.69, 9.17) is 16.3 Å². The normalized spacial score (nSPS) is 11.8. The van der Waals surface area contributed by atoms with Crippen molar-refractivity contribution in [3.63, 3.8) is 0 Å². The molecule has 1 heterocycles. The topological polar surface area (TPSA) is 83.0 Å². The Hall–Kier alpha value is -1.08. The number of guanidine groups is 1. The number of methoxy groups -OCH3 is 1. The molecule has 0 bridgehead atoms. The number of thiophene rings is 1. The number of hydrogen-bond donors (Lipinski definition) is 2. The molecular formula is C18H26ClIN4O3S2. The van der Waals surface area contributed by atoms with Crippen LogP contribution in [0.1, 0.15) is 5.56 Å². The van der Waals surface area contributed by atoms with Crippen molar-refractivity contribution in [3.05, 3.63) is 46.3 Å². The van der Waals surface area contributed by atoms with Crippen LogP contribution in [-0.4, -0.2) is 59.5 Å². The molecule has 0 unspecified atom stereocenters. The summed E-state index contributed by atoms with van der Waals surface area (Å²) in [5.74, 6) is 1.33. The van der Waals surface area contributed by atoms with Gasteiger partial charge in [-0.2, -0.15) is 4.31 Å². The molecule has 1 aromatic carbocycles. The zero-order valence-electron chi connectivity index (χ0n) is 16.5. The van der Waals surface area contributed by atoms with Crippen molar-refractivity contribution >= 4 is 62.9 Å². The fourth-order valence-electron chi connectivity index (χ4n) is 2.41. The Morgan fingerprint density at radius 2 is 2.00 bits per heavy atom. The first-order valence-electron chi connectivity index (χ1n) is 8.65. The number of nitrogens with zero attached hydrogens (tertiary/aromatic N) is 2. The lowest BCUT2D eigenvalue weighted by Gasteiger charge is -2.18. The average molecular weight is 573 g/mol. The third-order valence-corrected chi connectivity index (χ3v) is 7.63. The highest BCUT2D eigenvalue weighted by atomic mass is 127. The molecule has 0 radical (unpaired) electrons. The standard InChI is InChI=1S/C18H25ClN4O3S2.HI/c1-20-18(21-9-8-14-6-7-15(26-3)13-16(14)19)22-10-11-23(2)28(24,25)17-5-4-12-27-17;/h4-7,12-13H,8-11H2,1-3H3,(H2,20,21,22);1H. The molecule has 0 aliphatic carbocycles. The third-order valence-electron chi connectivity index (χ3n) is 4.05. The molecule has 2 N–H and O–H groups in total. The Bertz CT molecular complexity index is 893. The van der Waals surface area contributed by atoms with Crippen LogP contribution in [0.2, 0.25) is 5.02 Å². The van der Waals surface area contributed by atoms with Crippen molar-refractivity contribution in [2.24, 2.45) is 4.99 Å². The molecule has 11 heteroatoms. The van der Waals surface area contributed by atoms with E-state index in [-0.39, 0.29) is 24.0 Å². The number of benzene rings is 1. The quantitative estimate of drug-likeness (QED) is 0.274. The molecule has 0 amide bonds. The Morgan fingerprint density at radius 1 is 1.28 bits per heavy atom.